The summed E-state index contributed by atoms with van der Waals surface area (Å²) in [5, 5.41) is 2.63. The lowest BCUT2D eigenvalue weighted by atomic mass is 10.2. The van der Waals surface area contributed by atoms with Crippen molar-refractivity contribution in [2.45, 2.75) is 6.04 Å². The molecule has 0 aromatic heterocycles. The summed E-state index contributed by atoms with van der Waals surface area (Å²) < 4.78 is 26.7. The molecule has 3 N–H and O–H groups in total. The van der Waals surface area contributed by atoms with Crippen LogP contribution in [0.3, 0.4) is 0 Å². The molecular formula is C15H22N3O6P. The molecule has 1 saturated heterocycles. The van der Waals surface area contributed by atoms with Crippen LogP contribution in [-0.4, -0.2) is 58.0 Å². The largest absolute Gasteiger partial charge is 0.370 e. The van der Waals surface area contributed by atoms with E-state index in [1.165, 1.54) is 14.2 Å². The molecular weight excluding hydrogens is 349 g/mol. The monoisotopic (exact) mass is 371 g/mol. The maximum Gasteiger partial charge on any atom is 0.332 e. The molecule has 9 nitrogen and oxygen atoms in total. The Kier molecular flexibility index (Phi) is 6.69. The number of amides is 2. The Hall–Kier alpha value is -1.77. The average Bonchev–Trinajstić information content (AvgIpc) is 2.62. The van der Waals surface area contributed by atoms with Gasteiger partial charge in [-0.05, 0) is 24.3 Å². The van der Waals surface area contributed by atoms with Gasteiger partial charge in [0.05, 0.1) is 18.8 Å². The van der Waals surface area contributed by atoms with Crippen molar-refractivity contribution in [2.75, 3.05) is 50.4 Å². The van der Waals surface area contributed by atoms with Crippen molar-refractivity contribution < 1.29 is 27.9 Å². The van der Waals surface area contributed by atoms with Crippen molar-refractivity contribution in [1.29, 1.82) is 0 Å². The Bertz CT molecular complexity index is 658. The summed E-state index contributed by atoms with van der Waals surface area (Å²) in [5.41, 5.74) is 6.99. The van der Waals surface area contributed by atoms with E-state index < -0.39 is 19.5 Å². The van der Waals surface area contributed by atoms with E-state index >= 15 is 0 Å². The molecule has 2 amide bonds. The lowest BCUT2D eigenvalue weighted by Gasteiger charge is -2.27. The Morgan fingerprint density at radius 3 is 2.56 bits per heavy atom. The van der Waals surface area contributed by atoms with E-state index in [9.17, 15) is 14.2 Å². The standard InChI is InChI=1S/C15H22N3O6P/c1-22-25(21,23-2)10-13(16)15(20)17-11-3-5-12(6-4-11)18-7-8-24-9-14(18)19/h3-6,13H,7-10,16H2,1-2H3,(H,17,20)/t13-/m1/s1. The average molecular weight is 371 g/mol. The normalized spacial score (nSPS) is 16.6. The number of nitrogens with zero attached hydrogens (tertiary/aromatic N) is 1. The van der Waals surface area contributed by atoms with Gasteiger partial charge in [-0.1, -0.05) is 0 Å². The van der Waals surface area contributed by atoms with Crippen molar-refractivity contribution in [3.05, 3.63) is 24.3 Å². The summed E-state index contributed by atoms with van der Waals surface area (Å²) in [5.74, 6) is -0.621. The van der Waals surface area contributed by atoms with Gasteiger partial charge in [-0.15, -0.1) is 0 Å². The van der Waals surface area contributed by atoms with Gasteiger partial charge >= 0.3 is 7.60 Å². The summed E-state index contributed by atoms with van der Waals surface area (Å²) in [6.45, 7) is 1.03. The number of ether oxygens (including phenoxy) is 1. The SMILES string of the molecule is COP(=O)(C[C@@H](N)C(=O)Nc1ccc(N2CCOCC2=O)cc1)OC. The molecule has 138 valence electrons. The fraction of sp³-hybridized carbons (Fsp3) is 0.467. The number of morpholine rings is 1. The third-order valence-electron chi connectivity index (χ3n) is 3.75. The Morgan fingerprint density at radius 2 is 2.00 bits per heavy atom. The highest BCUT2D eigenvalue weighted by Gasteiger charge is 2.28. The van der Waals surface area contributed by atoms with Gasteiger partial charge in [0.15, 0.2) is 0 Å². The quantitative estimate of drug-likeness (QED) is 0.680. The van der Waals surface area contributed by atoms with Crippen LogP contribution in [0.2, 0.25) is 0 Å². The zero-order chi connectivity index (χ0) is 18.4. The van der Waals surface area contributed by atoms with Gasteiger partial charge in [0.2, 0.25) is 5.91 Å². The van der Waals surface area contributed by atoms with Crippen molar-refractivity contribution in [3.8, 4) is 0 Å². The molecule has 1 aliphatic heterocycles. The van der Waals surface area contributed by atoms with E-state index in [4.69, 9.17) is 19.5 Å². The van der Waals surface area contributed by atoms with Crippen LogP contribution in [0.15, 0.2) is 24.3 Å². The second-order valence-corrected chi connectivity index (χ2v) is 7.72. The number of benzene rings is 1. The third kappa shape index (κ3) is 5.10. The maximum atomic E-state index is 12.1. The van der Waals surface area contributed by atoms with E-state index in [-0.39, 0.29) is 18.7 Å². The molecule has 0 saturated carbocycles. The first-order valence-electron chi connectivity index (χ1n) is 7.63. The van der Waals surface area contributed by atoms with Crippen molar-refractivity contribution in [3.63, 3.8) is 0 Å². The molecule has 0 radical (unpaired) electrons. The van der Waals surface area contributed by atoms with E-state index in [0.29, 0.717) is 18.8 Å². The van der Waals surface area contributed by atoms with Crippen LogP contribution in [0.4, 0.5) is 11.4 Å². The fourth-order valence-electron chi connectivity index (χ4n) is 2.30. The van der Waals surface area contributed by atoms with Gasteiger partial charge < -0.3 is 29.7 Å². The summed E-state index contributed by atoms with van der Waals surface area (Å²) in [4.78, 5) is 25.5. The van der Waals surface area contributed by atoms with E-state index in [0.717, 1.165) is 5.69 Å². The number of carbonyl (C=O) groups is 2. The van der Waals surface area contributed by atoms with E-state index in [1.54, 1.807) is 29.2 Å². The van der Waals surface area contributed by atoms with E-state index in [2.05, 4.69) is 5.32 Å². The molecule has 1 atom stereocenters. The highest BCUT2D eigenvalue weighted by atomic mass is 31.2. The van der Waals surface area contributed by atoms with Crippen LogP contribution in [0, 0.1) is 0 Å². The first-order chi connectivity index (χ1) is 11.9. The van der Waals surface area contributed by atoms with Gasteiger partial charge in [-0.3, -0.25) is 14.2 Å². The molecule has 1 heterocycles. The minimum atomic E-state index is -3.37. The number of hydrogen-bond donors (Lipinski definition) is 2. The summed E-state index contributed by atoms with van der Waals surface area (Å²) in [6.07, 6.45) is -0.230. The number of nitrogens with two attached hydrogens (primary N) is 1. The molecule has 1 aromatic rings. The van der Waals surface area contributed by atoms with Crippen LogP contribution in [-0.2, 0) is 27.9 Å². The van der Waals surface area contributed by atoms with Crippen molar-refractivity contribution in [1.82, 2.24) is 0 Å². The lowest BCUT2D eigenvalue weighted by molar-refractivity contribution is -0.125. The zero-order valence-electron chi connectivity index (χ0n) is 14.1. The van der Waals surface area contributed by atoms with Crippen LogP contribution in [0.25, 0.3) is 0 Å². The second kappa shape index (κ2) is 8.55. The Balaban J connectivity index is 1.97. The highest BCUT2D eigenvalue weighted by molar-refractivity contribution is 7.53. The number of rotatable bonds is 7. The Morgan fingerprint density at radius 1 is 1.36 bits per heavy atom. The predicted octanol–water partition coefficient (Wildman–Crippen LogP) is 0.801. The third-order valence-corrected chi connectivity index (χ3v) is 5.70. The van der Waals surface area contributed by atoms with Crippen LogP contribution in [0.5, 0.6) is 0 Å². The molecule has 0 bridgehead atoms. The molecule has 1 aromatic carbocycles. The highest BCUT2D eigenvalue weighted by Crippen LogP contribution is 2.46. The molecule has 2 rings (SSSR count). The number of anilines is 2. The molecule has 25 heavy (non-hydrogen) atoms. The minimum absolute atomic E-state index is 0.0619. The first kappa shape index (κ1) is 19.6. The van der Waals surface area contributed by atoms with Crippen LogP contribution < -0.4 is 16.0 Å². The lowest BCUT2D eigenvalue weighted by Crippen LogP contribution is -2.41. The van der Waals surface area contributed by atoms with Crippen LogP contribution >= 0.6 is 7.60 Å². The van der Waals surface area contributed by atoms with E-state index in [1.807, 2.05) is 0 Å². The summed E-state index contributed by atoms with van der Waals surface area (Å²) >= 11 is 0. The van der Waals surface area contributed by atoms with Gasteiger partial charge in [0, 0.05) is 32.1 Å². The topological polar surface area (TPSA) is 120 Å². The second-order valence-electron chi connectivity index (χ2n) is 5.40. The fourth-order valence-corrected chi connectivity index (χ4v) is 3.39. The van der Waals surface area contributed by atoms with Crippen molar-refractivity contribution in [2.24, 2.45) is 5.73 Å². The molecule has 10 heteroatoms. The summed E-state index contributed by atoms with van der Waals surface area (Å²) in [7, 11) is -0.898. The molecule has 0 spiro atoms. The molecule has 1 aliphatic rings. The number of carbonyl (C=O) groups excluding carboxylic acids is 2. The molecule has 1 fully saturated rings. The van der Waals surface area contributed by atoms with Gasteiger partial charge in [-0.2, -0.15) is 0 Å². The predicted molar refractivity (Wildman–Crippen MR) is 92.7 cm³/mol. The van der Waals surface area contributed by atoms with Gasteiger partial charge in [0.1, 0.15) is 6.61 Å². The van der Waals surface area contributed by atoms with Crippen molar-refractivity contribution >= 4 is 30.8 Å². The smallest absolute Gasteiger partial charge is 0.332 e. The maximum absolute atomic E-state index is 12.1. The van der Waals surface area contributed by atoms with Gasteiger partial charge in [0.25, 0.3) is 5.91 Å². The minimum Gasteiger partial charge on any atom is -0.370 e. The summed E-state index contributed by atoms with van der Waals surface area (Å²) in [6, 6.07) is 5.72. The van der Waals surface area contributed by atoms with Crippen LogP contribution in [0.1, 0.15) is 0 Å². The first-order valence-corrected chi connectivity index (χ1v) is 9.36. The molecule has 0 aliphatic carbocycles. The zero-order valence-corrected chi connectivity index (χ0v) is 15.0. The molecule has 0 unspecified atom stereocenters. The van der Waals surface area contributed by atoms with Gasteiger partial charge in [-0.25, -0.2) is 0 Å². The Labute approximate surface area is 145 Å². The number of nitrogens with one attached hydrogen (secondary N) is 1. The number of hydrogen-bond acceptors (Lipinski definition) is 7.